The number of rotatable bonds is 9. The SMILES string of the molecule is Nc1nc(/C(=N/OC2(C(=O)O)CC2)C(=O)NC2C(=O)N(S(=O)(=O)O)C2CN2CCNS2(=O)=O)cs1. The standard InChI is InChI=1S/C15H19N7O10S3/c16-14-18-7(6-33-14)9(20-32-15(1-2-15)13(25)26)11(23)19-10-8(22(12(10)24)35(29,30)31)5-21-4-3-17-34(21,27)28/h6,8,10,17H,1-5H2,(H2,16,18)(H,19,23)(H,25,26)(H,29,30,31)/b20-9-. The van der Waals surface area contributed by atoms with Crippen LogP contribution in [0.25, 0.3) is 0 Å². The van der Waals surface area contributed by atoms with Crippen molar-refractivity contribution in [2.75, 3.05) is 25.4 Å². The zero-order valence-corrected chi connectivity index (χ0v) is 20.0. The normalized spacial score (nSPS) is 25.7. The first-order valence-corrected chi connectivity index (χ1v) is 13.5. The van der Waals surface area contributed by atoms with Crippen LogP contribution < -0.4 is 15.8 Å². The second kappa shape index (κ2) is 8.64. The highest BCUT2D eigenvalue weighted by atomic mass is 32.2. The first kappa shape index (κ1) is 25.2. The van der Waals surface area contributed by atoms with Gasteiger partial charge in [-0.2, -0.15) is 21.1 Å². The van der Waals surface area contributed by atoms with Crippen LogP contribution in [0.2, 0.25) is 0 Å². The molecule has 0 aromatic carbocycles. The number of anilines is 1. The van der Waals surface area contributed by atoms with Gasteiger partial charge in [0.05, 0.1) is 6.04 Å². The van der Waals surface area contributed by atoms with E-state index in [1.54, 1.807) is 0 Å². The van der Waals surface area contributed by atoms with Gasteiger partial charge in [0.15, 0.2) is 10.8 Å². The molecule has 3 heterocycles. The Bertz CT molecular complexity index is 1320. The summed E-state index contributed by atoms with van der Waals surface area (Å²) in [6.07, 6.45) is 0.287. The van der Waals surface area contributed by atoms with E-state index in [1.165, 1.54) is 5.38 Å². The number of nitrogens with two attached hydrogens (primary N) is 1. The van der Waals surface area contributed by atoms with Crippen molar-refractivity contribution in [3.8, 4) is 0 Å². The largest absolute Gasteiger partial charge is 0.478 e. The second-order valence-electron chi connectivity index (χ2n) is 7.79. The molecule has 0 spiro atoms. The fourth-order valence-corrected chi connectivity index (χ4v) is 6.08. The molecule has 192 valence electrons. The number of carbonyl (C=O) groups excluding carboxylic acids is 2. The van der Waals surface area contributed by atoms with Crippen molar-refractivity contribution in [1.29, 1.82) is 0 Å². The van der Waals surface area contributed by atoms with Gasteiger partial charge in [0.1, 0.15) is 11.7 Å². The third-order valence-electron chi connectivity index (χ3n) is 5.47. The molecule has 1 aromatic rings. The molecule has 1 saturated carbocycles. The molecular weight excluding hydrogens is 534 g/mol. The number of aliphatic carboxylic acids is 1. The predicted octanol–water partition coefficient (Wildman–Crippen LogP) is -3.29. The molecule has 1 aromatic heterocycles. The van der Waals surface area contributed by atoms with Crippen LogP contribution in [0.4, 0.5) is 5.13 Å². The minimum Gasteiger partial charge on any atom is -0.478 e. The highest BCUT2D eigenvalue weighted by Crippen LogP contribution is 2.40. The van der Waals surface area contributed by atoms with E-state index >= 15 is 0 Å². The number of carboxylic acid groups (broad SMARTS) is 1. The maximum atomic E-state index is 13.0. The molecule has 3 aliphatic rings. The number of oxime groups is 1. The quantitative estimate of drug-likeness (QED) is 0.0873. The van der Waals surface area contributed by atoms with Crippen molar-refractivity contribution in [3.63, 3.8) is 0 Å². The predicted molar refractivity (Wildman–Crippen MR) is 116 cm³/mol. The zero-order valence-electron chi connectivity index (χ0n) is 17.5. The Hall–Kier alpha value is -2.91. The van der Waals surface area contributed by atoms with E-state index in [0.717, 1.165) is 15.6 Å². The van der Waals surface area contributed by atoms with Gasteiger partial charge < -0.3 is 21.0 Å². The summed E-state index contributed by atoms with van der Waals surface area (Å²) in [5, 5.41) is 16.5. The number of nitrogens with zero attached hydrogens (tertiary/aromatic N) is 4. The number of carbonyl (C=O) groups is 3. The molecule has 0 bridgehead atoms. The number of nitrogens with one attached hydrogen (secondary N) is 2. The molecule has 2 saturated heterocycles. The Kier molecular flexibility index (Phi) is 6.22. The van der Waals surface area contributed by atoms with Gasteiger partial charge in [0, 0.05) is 37.9 Å². The van der Waals surface area contributed by atoms with Crippen molar-refractivity contribution in [3.05, 3.63) is 11.1 Å². The molecule has 35 heavy (non-hydrogen) atoms. The molecule has 17 nitrogen and oxygen atoms in total. The van der Waals surface area contributed by atoms with Crippen LogP contribution in [-0.2, 0) is 39.7 Å². The Morgan fingerprint density at radius 2 is 2.11 bits per heavy atom. The molecule has 6 N–H and O–H groups in total. The van der Waals surface area contributed by atoms with Crippen molar-refractivity contribution < 1.29 is 45.7 Å². The lowest BCUT2D eigenvalue weighted by Crippen LogP contribution is -2.74. The van der Waals surface area contributed by atoms with E-state index in [9.17, 15) is 40.9 Å². The van der Waals surface area contributed by atoms with E-state index in [0.29, 0.717) is 0 Å². The van der Waals surface area contributed by atoms with Crippen LogP contribution in [0.1, 0.15) is 18.5 Å². The number of aromatic nitrogens is 1. The summed E-state index contributed by atoms with van der Waals surface area (Å²) in [7, 11) is -9.01. The van der Waals surface area contributed by atoms with Crippen molar-refractivity contribution in [2.24, 2.45) is 5.16 Å². The number of hydrogen-bond acceptors (Lipinski definition) is 12. The Morgan fingerprint density at radius 3 is 2.60 bits per heavy atom. The molecule has 0 radical (unpaired) electrons. The summed E-state index contributed by atoms with van der Waals surface area (Å²) in [6, 6.07) is -3.05. The van der Waals surface area contributed by atoms with Crippen LogP contribution in [0, 0.1) is 0 Å². The molecule has 3 fully saturated rings. The number of hydrogen-bond donors (Lipinski definition) is 5. The summed E-state index contributed by atoms with van der Waals surface area (Å²) in [5.41, 5.74) is 3.33. The minimum absolute atomic E-state index is 0.0383. The van der Waals surface area contributed by atoms with Gasteiger partial charge in [0.2, 0.25) is 5.60 Å². The van der Waals surface area contributed by atoms with Gasteiger partial charge in [-0.3, -0.25) is 14.1 Å². The Balaban J connectivity index is 1.59. The number of thiazole rings is 1. The highest BCUT2D eigenvalue weighted by molar-refractivity contribution is 7.87. The molecule has 4 rings (SSSR count). The van der Waals surface area contributed by atoms with E-state index in [4.69, 9.17) is 10.6 Å². The van der Waals surface area contributed by atoms with Crippen LogP contribution in [0.15, 0.2) is 10.5 Å². The number of amides is 2. The molecule has 2 unspecified atom stereocenters. The van der Waals surface area contributed by atoms with E-state index in [1.807, 2.05) is 0 Å². The van der Waals surface area contributed by atoms with Gasteiger partial charge in [-0.25, -0.2) is 18.8 Å². The smallest absolute Gasteiger partial charge is 0.362 e. The van der Waals surface area contributed by atoms with E-state index in [-0.39, 0.29) is 41.1 Å². The molecular formula is C15H19N7O10S3. The van der Waals surface area contributed by atoms with E-state index in [2.05, 4.69) is 20.2 Å². The first-order valence-electron chi connectivity index (χ1n) is 9.82. The van der Waals surface area contributed by atoms with Crippen LogP contribution in [0.3, 0.4) is 0 Å². The Morgan fingerprint density at radius 1 is 1.43 bits per heavy atom. The minimum atomic E-state index is -5.07. The summed E-state index contributed by atoms with van der Waals surface area (Å²) in [4.78, 5) is 45.8. The number of β-lactam (4-membered cyclic amide) rings is 1. The molecule has 2 atom stereocenters. The molecule has 20 heteroatoms. The highest BCUT2D eigenvalue weighted by Gasteiger charge is 2.56. The number of nitrogen functional groups attached to an aromatic ring is 1. The fourth-order valence-electron chi connectivity index (χ4n) is 3.45. The molecule has 1 aliphatic carbocycles. The maximum absolute atomic E-state index is 13.0. The van der Waals surface area contributed by atoms with Gasteiger partial charge in [-0.05, 0) is 0 Å². The van der Waals surface area contributed by atoms with Crippen LogP contribution in [0.5, 0.6) is 0 Å². The van der Waals surface area contributed by atoms with Crippen molar-refractivity contribution in [2.45, 2.75) is 30.5 Å². The third kappa shape index (κ3) is 4.79. The summed E-state index contributed by atoms with van der Waals surface area (Å²) in [6.45, 7) is -0.555. The molecule has 2 aliphatic heterocycles. The average Bonchev–Trinajstić information content (AvgIpc) is 3.31. The number of carboxylic acids is 1. The second-order valence-corrected chi connectivity index (χ2v) is 11.7. The lowest BCUT2D eigenvalue weighted by Gasteiger charge is -2.45. The zero-order chi connectivity index (χ0) is 25.8. The fraction of sp³-hybridized carbons (Fsp3) is 0.533. The summed E-state index contributed by atoms with van der Waals surface area (Å²) in [5.74, 6) is -3.62. The summed E-state index contributed by atoms with van der Waals surface area (Å²) >= 11 is 0.936. The van der Waals surface area contributed by atoms with Gasteiger partial charge in [-0.15, -0.1) is 11.3 Å². The van der Waals surface area contributed by atoms with Crippen molar-refractivity contribution >= 4 is 60.5 Å². The van der Waals surface area contributed by atoms with Gasteiger partial charge in [-0.1, -0.05) is 5.16 Å². The van der Waals surface area contributed by atoms with Gasteiger partial charge in [0.25, 0.3) is 22.0 Å². The van der Waals surface area contributed by atoms with Crippen LogP contribution >= 0.6 is 11.3 Å². The first-order chi connectivity index (χ1) is 16.2. The topological polar surface area (TPSA) is 251 Å². The lowest BCUT2D eigenvalue weighted by molar-refractivity contribution is -0.153. The average molecular weight is 554 g/mol. The summed E-state index contributed by atoms with van der Waals surface area (Å²) < 4.78 is 60.0. The van der Waals surface area contributed by atoms with Crippen LogP contribution in [-0.4, -0.2) is 101 Å². The maximum Gasteiger partial charge on any atom is 0.362 e. The monoisotopic (exact) mass is 553 g/mol. The van der Waals surface area contributed by atoms with Gasteiger partial charge >= 0.3 is 16.3 Å². The third-order valence-corrected chi connectivity index (χ3v) is 8.67. The van der Waals surface area contributed by atoms with E-state index < -0.39 is 68.2 Å². The lowest BCUT2D eigenvalue weighted by atomic mass is 9.98. The molecule has 2 amide bonds. The van der Waals surface area contributed by atoms with Crippen molar-refractivity contribution in [1.82, 2.24) is 23.6 Å². The Labute approximate surface area is 202 Å².